The molecule has 0 aliphatic carbocycles. The normalized spacial score (nSPS) is 13.3. The molecule has 1 unspecified atom stereocenters. The molecule has 0 spiro atoms. The number of aliphatic hydroxyl groups is 1. The summed E-state index contributed by atoms with van der Waals surface area (Å²) in [5.74, 6) is 0. The molecule has 0 bridgehead atoms. The molecule has 68 valence electrons. The van der Waals surface area contributed by atoms with Gasteiger partial charge < -0.3 is 10.8 Å². The van der Waals surface area contributed by atoms with Crippen LogP contribution in [-0.2, 0) is 6.54 Å². The van der Waals surface area contributed by atoms with Gasteiger partial charge in [-0.15, -0.1) is 0 Å². The Hall–Kier alpha value is -0.870. The number of hydrogen-bond donors (Lipinski definition) is 2. The first-order valence-electron chi connectivity index (χ1n) is 4.05. The van der Waals surface area contributed by atoms with Gasteiger partial charge in [0, 0.05) is 17.3 Å². The van der Waals surface area contributed by atoms with E-state index >= 15 is 0 Å². The quantitative estimate of drug-likeness (QED) is 0.679. The molecular formula is C8H15N3O. The lowest BCUT2D eigenvalue weighted by Crippen LogP contribution is -2.09. The van der Waals surface area contributed by atoms with Crippen LogP contribution in [0.15, 0.2) is 6.20 Å². The molecule has 0 radical (unpaired) electrons. The van der Waals surface area contributed by atoms with Crippen molar-refractivity contribution in [3.8, 4) is 0 Å². The molecule has 1 rings (SSSR count). The van der Waals surface area contributed by atoms with Gasteiger partial charge in [-0.25, -0.2) is 0 Å². The largest absolute Gasteiger partial charge is 0.394 e. The summed E-state index contributed by atoms with van der Waals surface area (Å²) in [4.78, 5) is 0. The summed E-state index contributed by atoms with van der Waals surface area (Å²) in [6.07, 6.45) is 1.76. The standard InChI is InChI=1S/C8H15N3O/c1-6(9)8-5-10-11(3-4-12)7(8)2/h5-6,12H,3-4,9H2,1-2H3. The summed E-state index contributed by atoms with van der Waals surface area (Å²) >= 11 is 0. The molecule has 0 saturated carbocycles. The van der Waals surface area contributed by atoms with Crippen molar-refractivity contribution in [2.75, 3.05) is 6.61 Å². The average molecular weight is 169 g/mol. The Labute approximate surface area is 72.0 Å². The van der Waals surface area contributed by atoms with Gasteiger partial charge in [-0.05, 0) is 13.8 Å². The Morgan fingerprint density at radius 2 is 2.42 bits per heavy atom. The number of aromatic nitrogens is 2. The van der Waals surface area contributed by atoms with Crippen LogP contribution >= 0.6 is 0 Å². The number of nitrogens with zero attached hydrogens (tertiary/aromatic N) is 2. The zero-order valence-electron chi connectivity index (χ0n) is 7.49. The summed E-state index contributed by atoms with van der Waals surface area (Å²) < 4.78 is 1.76. The Balaban J connectivity index is 2.88. The van der Waals surface area contributed by atoms with Crippen LogP contribution in [0.3, 0.4) is 0 Å². The van der Waals surface area contributed by atoms with E-state index in [0.717, 1.165) is 11.3 Å². The minimum atomic E-state index is 0.0115. The maximum absolute atomic E-state index is 8.70. The van der Waals surface area contributed by atoms with Crippen LogP contribution in [0.2, 0.25) is 0 Å². The fourth-order valence-electron chi connectivity index (χ4n) is 1.23. The molecule has 1 aromatic rings. The van der Waals surface area contributed by atoms with Crippen molar-refractivity contribution in [1.29, 1.82) is 0 Å². The summed E-state index contributed by atoms with van der Waals surface area (Å²) in [6, 6.07) is 0.0115. The van der Waals surface area contributed by atoms with E-state index in [1.807, 2.05) is 13.8 Å². The third-order valence-corrected chi connectivity index (χ3v) is 1.94. The molecule has 0 amide bonds. The van der Waals surface area contributed by atoms with Gasteiger partial charge in [-0.3, -0.25) is 4.68 Å². The second-order valence-electron chi connectivity index (χ2n) is 2.92. The minimum Gasteiger partial charge on any atom is -0.394 e. The van der Waals surface area contributed by atoms with E-state index in [1.54, 1.807) is 10.9 Å². The van der Waals surface area contributed by atoms with E-state index < -0.39 is 0 Å². The van der Waals surface area contributed by atoms with E-state index in [4.69, 9.17) is 10.8 Å². The number of hydrogen-bond acceptors (Lipinski definition) is 3. The van der Waals surface area contributed by atoms with Crippen LogP contribution in [-0.4, -0.2) is 21.5 Å². The van der Waals surface area contributed by atoms with Crippen molar-refractivity contribution in [2.45, 2.75) is 26.4 Å². The zero-order chi connectivity index (χ0) is 9.14. The van der Waals surface area contributed by atoms with Crippen molar-refractivity contribution in [1.82, 2.24) is 9.78 Å². The van der Waals surface area contributed by atoms with Gasteiger partial charge in [0.05, 0.1) is 19.3 Å². The number of aliphatic hydroxyl groups excluding tert-OH is 1. The van der Waals surface area contributed by atoms with Crippen LogP contribution < -0.4 is 5.73 Å². The molecular weight excluding hydrogens is 154 g/mol. The SMILES string of the molecule is Cc1c(C(C)N)cnn1CCO. The minimum absolute atomic E-state index is 0.0115. The maximum Gasteiger partial charge on any atom is 0.0643 e. The van der Waals surface area contributed by atoms with E-state index in [1.165, 1.54) is 0 Å². The Morgan fingerprint density at radius 3 is 2.83 bits per heavy atom. The third-order valence-electron chi connectivity index (χ3n) is 1.94. The van der Waals surface area contributed by atoms with Gasteiger partial charge >= 0.3 is 0 Å². The van der Waals surface area contributed by atoms with E-state index in [2.05, 4.69) is 5.10 Å². The highest BCUT2D eigenvalue weighted by molar-refractivity contribution is 5.19. The highest BCUT2D eigenvalue weighted by atomic mass is 16.3. The smallest absolute Gasteiger partial charge is 0.0643 e. The van der Waals surface area contributed by atoms with Gasteiger partial charge in [-0.1, -0.05) is 0 Å². The molecule has 12 heavy (non-hydrogen) atoms. The van der Waals surface area contributed by atoms with Crippen LogP contribution in [0.4, 0.5) is 0 Å². The van der Waals surface area contributed by atoms with E-state index in [-0.39, 0.29) is 12.6 Å². The van der Waals surface area contributed by atoms with Gasteiger partial charge in [0.2, 0.25) is 0 Å². The van der Waals surface area contributed by atoms with Crippen molar-refractivity contribution in [3.63, 3.8) is 0 Å². The monoisotopic (exact) mass is 169 g/mol. The van der Waals surface area contributed by atoms with Crippen LogP contribution in [0.5, 0.6) is 0 Å². The predicted octanol–water partition coefficient (Wildman–Crippen LogP) is 0.204. The molecule has 4 nitrogen and oxygen atoms in total. The molecule has 3 N–H and O–H groups in total. The fourth-order valence-corrected chi connectivity index (χ4v) is 1.23. The molecule has 1 heterocycles. The maximum atomic E-state index is 8.70. The van der Waals surface area contributed by atoms with Crippen molar-refractivity contribution in [3.05, 3.63) is 17.5 Å². The van der Waals surface area contributed by atoms with Gasteiger partial charge in [0.1, 0.15) is 0 Å². The van der Waals surface area contributed by atoms with Gasteiger partial charge in [0.25, 0.3) is 0 Å². The molecule has 1 aromatic heterocycles. The highest BCUT2D eigenvalue weighted by Crippen LogP contribution is 2.13. The van der Waals surface area contributed by atoms with E-state index in [0.29, 0.717) is 6.54 Å². The molecule has 1 atom stereocenters. The molecule has 0 aromatic carbocycles. The Bertz CT molecular complexity index is 255. The second kappa shape index (κ2) is 3.69. The van der Waals surface area contributed by atoms with Gasteiger partial charge in [0.15, 0.2) is 0 Å². The lowest BCUT2D eigenvalue weighted by Gasteiger charge is -2.05. The zero-order valence-corrected chi connectivity index (χ0v) is 7.49. The molecule has 0 fully saturated rings. The lowest BCUT2D eigenvalue weighted by molar-refractivity contribution is 0.268. The van der Waals surface area contributed by atoms with Crippen molar-refractivity contribution < 1.29 is 5.11 Å². The number of rotatable bonds is 3. The molecule has 0 aliphatic rings. The van der Waals surface area contributed by atoms with Gasteiger partial charge in [-0.2, -0.15) is 5.10 Å². The summed E-state index contributed by atoms with van der Waals surface area (Å²) in [7, 11) is 0. The Morgan fingerprint density at radius 1 is 1.75 bits per heavy atom. The van der Waals surface area contributed by atoms with E-state index in [9.17, 15) is 0 Å². The average Bonchev–Trinajstić information content (AvgIpc) is 2.34. The first-order valence-corrected chi connectivity index (χ1v) is 4.05. The second-order valence-corrected chi connectivity index (χ2v) is 2.92. The molecule has 0 saturated heterocycles. The predicted molar refractivity (Wildman–Crippen MR) is 46.7 cm³/mol. The summed E-state index contributed by atoms with van der Waals surface area (Å²) in [5.41, 5.74) is 7.79. The fraction of sp³-hybridized carbons (Fsp3) is 0.625. The summed E-state index contributed by atoms with van der Waals surface area (Å²) in [5, 5.41) is 12.8. The van der Waals surface area contributed by atoms with Crippen molar-refractivity contribution >= 4 is 0 Å². The Kier molecular flexibility index (Phi) is 2.83. The van der Waals surface area contributed by atoms with Crippen LogP contribution in [0, 0.1) is 6.92 Å². The summed E-state index contributed by atoms with van der Waals surface area (Å²) in [6.45, 7) is 4.54. The third kappa shape index (κ3) is 1.65. The first-order chi connectivity index (χ1) is 5.66. The topological polar surface area (TPSA) is 64.1 Å². The highest BCUT2D eigenvalue weighted by Gasteiger charge is 2.08. The lowest BCUT2D eigenvalue weighted by atomic mass is 10.1. The first kappa shape index (κ1) is 9.22. The molecule has 0 aliphatic heterocycles. The number of nitrogens with two attached hydrogens (primary N) is 1. The van der Waals surface area contributed by atoms with Crippen LogP contribution in [0.25, 0.3) is 0 Å². The van der Waals surface area contributed by atoms with Crippen LogP contribution in [0.1, 0.15) is 24.2 Å². The molecule has 4 heteroatoms. The van der Waals surface area contributed by atoms with Crippen molar-refractivity contribution in [2.24, 2.45) is 5.73 Å².